The van der Waals surface area contributed by atoms with Gasteiger partial charge >= 0.3 is 0 Å². The van der Waals surface area contributed by atoms with Crippen molar-refractivity contribution in [3.63, 3.8) is 0 Å². The van der Waals surface area contributed by atoms with Gasteiger partial charge < -0.3 is 14.2 Å². The molecule has 1 aliphatic rings. The lowest BCUT2D eigenvalue weighted by atomic mass is 10.1. The fraction of sp³-hybridized carbons (Fsp3) is 0.200. The largest absolute Gasteiger partial charge is 0.489 e. The van der Waals surface area contributed by atoms with Gasteiger partial charge in [0.1, 0.15) is 18.1 Å². The number of benzene rings is 2. The van der Waals surface area contributed by atoms with Crippen LogP contribution in [-0.2, 0) is 18.0 Å². The van der Waals surface area contributed by atoms with Crippen molar-refractivity contribution in [3.05, 3.63) is 61.6 Å². The fourth-order valence-corrected chi connectivity index (χ4v) is 2.77. The number of non-ortho nitro benzene ring substituents is 1. The van der Waals surface area contributed by atoms with Crippen molar-refractivity contribution in [2.75, 3.05) is 6.79 Å². The van der Waals surface area contributed by atoms with Gasteiger partial charge in [0.2, 0.25) is 0 Å². The number of nitrogens with zero attached hydrogens (tertiary/aromatic N) is 1. The van der Waals surface area contributed by atoms with Gasteiger partial charge in [-0.1, -0.05) is 23.2 Å². The first-order valence-electron chi connectivity index (χ1n) is 6.62. The molecule has 0 aromatic heterocycles. The molecular formula is C15H11Cl2NO5. The quantitative estimate of drug-likeness (QED) is 0.602. The summed E-state index contributed by atoms with van der Waals surface area (Å²) in [6.07, 6.45) is 0. The molecule has 1 aliphatic heterocycles. The van der Waals surface area contributed by atoms with E-state index in [9.17, 15) is 10.1 Å². The van der Waals surface area contributed by atoms with Crippen molar-refractivity contribution in [1.82, 2.24) is 0 Å². The number of hydrogen-bond donors (Lipinski definition) is 0. The van der Waals surface area contributed by atoms with E-state index in [0.717, 1.165) is 0 Å². The lowest BCUT2D eigenvalue weighted by Crippen LogP contribution is -2.14. The molecule has 0 radical (unpaired) electrons. The van der Waals surface area contributed by atoms with Crippen LogP contribution in [-0.4, -0.2) is 11.7 Å². The lowest BCUT2D eigenvalue weighted by Gasteiger charge is -2.20. The van der Waals surface area contributed by atoms with Gasteiger partial charge in [-0.3, -0.25) is 10.1 Å². The molecule has 1 heterocycles. The second-order valence-electron chi connectivity index (χ2n) is 4.85. The van der Waals surface area contributed by atoms with Gasteiger partial charge in [0, 0.05) is 33.3 Å². The molecule has 0 spiro atoms. The molecule has 23 heavy (non-hydrogen) atoms. The molecule has 2 aromatic rings. The number of halogens is 2. The molecule has 0 saturated heterocycles. The second-order valence-corrected chi connectivity index (χ2v) is 5.73. The highest BCUT2D eigenvalue weighted by Crippen LogP contribution is 2.34. The van der Waals surface area contributed by atoms with Crippen molar-refractivity contribution in [3.8, 4) is 11.5 Å². The van der Waals surface area contributed by atoms with Gasteiger partial charge in [-0.15, -0.1) is 0 Å². The number of rotatable bonds is 4. The predicted octanol–water partition coefficient (Wildman–Crippen LogP) is 4.35. The molecule has 0 atom stereocenters. The number of nitro benzene ring substituents is 1. The zero-order valence-corrected chi connectivity index (χ0v) is 13.3. The Morgan fingerprint density at radius 3 is 2.61 bits per heavy atom. The first-order chi connectivity index (χ1) is 11.0. The molecule has 3 rings (SSSR count). The SMILES string of the molecule is O=[N+]([O-])c1cc2c(c(COc3cc(Cl)cc(Cl)c3)c1)OCOC2. The Morgan fingerprint density at radius 1 is 1.17 bits per heavy atom. The first-order valence-corrected chi connectivity index (χ1v) is 7.38. The van der Waals surface area contributed by atoms with Crippen LogP contribution in [0.4, 0.5) is 5.69 Å². The van der Waals surface area contributed by atoms with Gasteiger partial charge in [0.15, 0.2) is 6.79 Å². The third-order valence-corrected chi connectivity index (χ3v) is 3.65. The molecule has 0 saturated carbocycles. The highest BCUT2D eigenvalue weighted by molar-refractivity contribution is 6.34. The average molecular weight is 356 g/mol. The minimum Gasteiger partial charge on any atom is -0.489 e. The van der Waals surface area contributed by atoms with Crippen LogP contribution >= 0.6 is 23.2 Å². The standard InChI is InChI=1S/C15H11Cl2NO5/c16-11-3-12(17)5-14(4-11)22-7-10-2-13(18(19)20)1-9-6-21-8-23-15(9)10/h1-5H,6-8H2. The van der Waals surface area contributed by atoms with E-state index in [-0.39, 0.29) is 25.7 Å². The molecule has 2 aromatic carbocycles. The maximum atomic E-state index is 11.1. The summed E-state index contributed by atoms with van der Waals surface area (Å²) in [5.74, 6) is 1.02. The number of hydrogen-bond acceptors (Lipinski definition) is 5. The van der Waals surface area contributed by atoms with E-state index in [4.69, 9.17) is 37.4 Å². The van der Waals surface area contributed by atoms with Crippen molar-refractivity contribution in [2.24, 2.45) is 0 Å². The van der Waals surface area contributed by atoms with E-state index in [1.165, 1.54) is 12.1 Å². The van der Waals surface area contributed by atoms with E-state index in [2.05, 4.69) is 0 Å². The van der Waals surface area contributed by atoms with Crippen LogP contribution < -0.4 is 9.47 Å². The number of ether oxygens (including phenoxy) is 3. The summed E-state index contributed by atoms with van der Waals surface area (Å²) in [6, 6.07) is 7.68. The van der Waals surface area contributed by atoms with Crippen molar-refractivity contribution in [2.45, 2.75) is 13.2 Å². The zero-order valence-electron chi connectivity index (χ0n) is 11.8. The minimum atomic E-state index is -0.464. The summed E-state index contributed by atoms with van der Waals surface area (Å²) in [5, 5.41) is 11.9. The maximum Gasteiger partial charge on any atom is 0.270 e. The van der Waals surface area contributed by atoms with Crippen molar-refractivity contribution < 1.29 is 19.1 Å². The molecule has 0 N–H and O–H groups in total. The number of fused-ring (bicyclic) bond motifs is 1. The fourth-order valence-electron chi connectivity index (χ4n) is 2.27. The third-order valence-electron chi connectivity index (χ3n) is 3.21. The van der Waals surface area contributed by atoms with Gasteiger partial charge in [0.05, 0.1) is 11.5 Å². The average Bonchev–Trinajstić information content (AvgIpc) is 2.51. The number of nitro groups is 1. The Bertz CT molecular complexity index is 746. The van der Waals surface area contributed by atoms with Gasteiger partial charge in [-0.2, -0.15) is 0 Å². The lowest BCUT2D eigenvalue weighted by molar-refractivity contribution is -0.385. The van der Waals surface area contributed by atoms with Crippen LogP contribution in [0.25, 0.3) is 0 Å². The maximum absolute atomic E-state index is 11.1. The van der Waals surface area contributed by atoms with E-state index >= 15 is 0 Å². The van der Waals surface area contributed by atoms with Gasteiger partial charge in [-0.05, 0) is 18.2 Å². The van der Waals surface area contributed by atoms with Crippen molar-refractivity contribution >= 4 is 28.9 Å². The molecule has 8 heteroatoms. The molecular weight excluding hydrogens is 345 g/mol. The summed E-state index contributed by atoms with van der Waals surface area (Å²) in [4.78, 5) is 10.6. The Morgan fingerprint density at radius 2 is 1.91 bits per heavy atom. The molecule has 0 aliphatic carbocycles. The summed E-state index contributed by atoms with van der Waals surface area (Å²) in [6.45, 7) is 0.439. The van der Waals surface area contributed by atoms with Crippen LogP contribution in [0.2, 0.25) is 10.0 Å². The smallest absolute Gasteiger partial charge is 0.270 e. The zero-order chi connectivity index (χ0) is 16.4. The molecule has 0 amide bonds. The van der Waals surface area contributed by atoms with Crippen LogP contribution in [0.15, 0.2) is 30.3 Å². The Labute approximate surface area is 141 Å². The minimum absolute atomic E-state index is 0.0411. The molecule has 0 fully saturated rings. The monoisotopic (exact) mass is 355 g/mol. The summed E-state index contributed by atoms with van der Waals surface area (Å²) < 4.78 is 16.2. The first kappa shape index (κ1) is 15.9. The van der Waals surface area contributed by atoms with E-state index in [1.54, 1.807) is 18.2 Å². The summed E-state index contributed by atoms with van der Waals surface area (Å²) in [7, 11) is 0. The molecule has 0 unspecified atom stereocenters. The third kappa shape index (κ3) is 3.67. The predicted molar refractivity (Wildman–Crippen MR) is 84.2 cm³/mol. The van der Waals surface area contributed by atoms with Gasteiger partial charge in [-0.25, -0.2) is 0 Å². The van der Waals surface area contributed by atoms with Crippen LogP contribution in [0, 0.1) is 10.1 Å². The van der Waals surface area contributed by atoms with Crippen LogP contribution in [0.3, 0.4) is 0 Å². The molecule has 120 valence electrons. The summed E-state index contributed by atoms with van der Waals surface area (Å²) in [5.41, 5.74) is 1.14. The Kier molecular flexibility index (Phi) is 4.56. The van der Waals surface area contributed by atoms with Crippen LogP contribution in [0.1, 0.15) is 11.1 Å². The highest BCUT2D eigenvalue weighted by Gasteiger charge is 2.21. The van der Waals surface area contributed by atoms with E-state index < -0.39 is 4.92 Å². The Balaban J connectivity index is 1.89. The Hall–Kier alpha value is -2.02. The van der Waals surface area contributed by atoms with E-state index in [0.29, 0.717) is 32.7 Å². The van der Waals surface area contributed by atoms with E-state index in [1.807, 2.05) is 0 Å². The summed E-state index contributed by atoms with van der Waals surface area (Å²) >= 11 is 11.8. The highest BCUT2D eigenvalue weighted by atomic mass is 35.5. The molecule has 0 bridgehead atoms. The van der Waals surface area contributed by atoms with Crippen LogP contribution in [0.5, 0.6) is 11.5 Å². The molecule has 6 nitrogen and oxygen atoms in total. The second kappa shape index (κ2) is 6.62. The van der Waals surface area contributed by atoms with Gasteiger partial charge in [0.25, 0.3) is 5.69 Å². The normalized spacial score (nSPS) is 13.1. The topological polar surface area (TPSA) is 70.8 Å². The van der Waals surface area contributed by atoms with Crippen molar-refractivity contribution in [1.29, 1.82) is 0 Å².